The van der Waals surface area contributed by atoms with Crippen molar-refractivity contribution < 1.29 is 4.39 Å². The van der Waals surface area contributed by atoms with E-state index in [2.05, 4.69) is 126 Å². The Balaban J connectivity index is 1.37. The van der Waals surface area contributed by atoms with Crippen LogP contribution in [0.15, 0.2) is 146 Å². The topological polar surface area (TPSA) is 4.93 Å². The standard InChI is InChI=1S/C38H24FN/c39-27-21-17-25(18-22-27)37-31-11-1-3-13-33(31)38(34-14-4-2-12-32(34)37)26-19-23-28(24-20-26)40-35-15-7-5-9-29(35)30-10-6-8-16-36(30)40/h1-24H. The van der Waals surface area contributed by atoms with Crippen LogP contribution in [0.1, 0.15) is 0 Å². The molecule has 0 aliphatic carbocycles. The third-order valence-electron chi connectivity index (χ3n) is 8.06. The normalized spacial score (nSPS) is 11.6. The zero-order chi connectivity index (χ0) is 26.6. The first kappa shape index (κ1) is 22.7. The summed E-state index contributed by atoms with van der Waals surface area (Å²) < 4.78 is 16.2. The molecule has 0 radical (unpaired) electrons. The van der Waals surface area contributed by atoms with Crippen molar-refractivity contribution in [3.05, 3.63) is 151 Å². The predicted molar refractivity (Wildman–Crippen MR) is 167 cm³/mol. The SMILES string of the molecule is Fc1ccc(-c2c3ccccc3c(-c3ccc(-n4c5ccccc5c5ccccc54)cc3)c3ccccc23)cc1. The minimum absolute atomic E-state index is 0.225. The van der Waals surface area contributed by atoms with E-state index in [1.807, 2.05) is 12.1 Å². The molecule has 1 nitrogen and oxygen atoms in total. The minimum atomic E-state index is -0.225. The van der Waals surface area contributed by atoms with Crippen LogP contribution in [-0.2, 0) is 0 Å². The summed E-state index contributed by atoms with van der Waals surface area (Å²) >= 11 is 0. The second-order valence-electron chi connectivity index (χ2n) is 10.3. The first-order chi connectivity index (χ1) is 19.8. The molecule has 188 valence electrons. The lowest BCUT2D eigenvalue weighted by Crippen LogP contribution is -1.94. The summed E-state index contributed by atoms with van der Waals surface area (Å²) in [6.45, 7) is 0. The van der Waals surface area contributed by atoms with Crippen molar-refractivity contribution in [3.8, 4) is 27.9 Å². The van der Waals surface area contributed by atoms with Crippen molar-refractivity contribution in [1.29, 1.82) is 0 Å². The molecule has 1 aromatic heterocycles. The Hall–Kier alpha value is -5.21. The van der Waals surface area contributed by atoms with E-state index in [0.29, 0.717) is 0 Å². The molecule has 7 aromatic carbocycles. The van der Waals surface area contributed by atoms with E-state index in [4.69, 9.17) is 0 Å². The molecule has 0 saturated heterocycles. The number of halogens is 1. The summed E-state index contributed by atoms with van der Waals surface area (Å²) in [7, 11) is 0. The van der Waals surface area contributed by atoms with Gasteiger partial charge in [-0.3, -0.25) is 0 Å². The van der Waals surface area contributed by atoms with Crippen LogP contribution in [0.4, 0.5) is 4.39 Å². The highest BCUT2D eigenvalue weighted by atomic mass is 19.1. The van der Waals surface area contributed by atoms with E-state index in [-0.39, 0.29) is 5.82 Å². The molecule has 0 N–H and O–H groups in total. The number of nitrogens with zero attached hydrogens (tertiary/aromatic N) is 1. The molecule has 0 bridgehead atoms. The quantitative estimate of drug-likeness (QED) is 0.207. The van der Waals surface area contributed by atoms with Crippen LogP contribution in [-0.4, -0.2) is 4.57 Å². The van der Waals surface area contributed by atoms with Gasteiger partial charge < -0.3 is 4.57 Å². The van der Waals surface area contributed by atoms with Gasteiger partial charge in [-0.1, -0.05) is 109 Å². The van der Waals surface area contributed by atoms with Crippen LogP contribution in [0.2, 0.25) is 0 Å². The van der Waals surface area contributed by atoms with Crippen LogP contribution in [0, 0.1) is 5.82 Å². The summed E-state index contributed by atoms with van der Waals surface area (Å²) in [5, 5.41) is 7.21. The Morgan fingerprint density at radius 1 is 0.350 bits per heavy atom. The molecule has 0 unspecified atom stereocenters. The number of hydrogen-bond donors (Lipinski definition) is 0. The van der Waals surface area contributed by atoms with Gasteiger partial charge in [-0.15, -0.1) is 0 Å². The van der Waals surface area contributed by atoms with Crippen LogP contribution in [0.25, 0.3) is 71.3 Å². The van der Waals surface area contributed by atoms with Crippen molar-refractivity contribution in [3.63, 3.8) is 0 Å². The van der Waals surface area contributed by atoms with Gasteiger partial charge in [0.1, 0.15) is 5.82 Å². The van der Waals surface area contributed by atoms with Gasteiger partial charge in [-0.25, -0.2) is 4.39 Å². The Kier molecular flexibility index (Phi) is 5.08. The van der Waals surface area contributed by atoms with Crippen molar-refractivity contribution >= 4 is 43.4 Å². The molecular weight excluding hydrogens is 489 g/mol. The van der Waals surface area contributed by atoms with Crippen LogP contribution >= 0.6 is 0 Å². The van der Waals surface area contributed by atoms with E-state index < -0.39 is 0 Å². The number of rotatable bonds is 3. The average Bonchev–Trinajstić information content (AvgIpc) is 3.35. The van der Waals surface area contributed by atoms with E-state index in [0.717, 1.165) is 27.6 Å². The molecule has 2 heteroatoms. The van der Waals surface area contributed by atoms with Gasteiger partial charge in [-0.2, -0.15) is 0 Å². The Bertz CT molecular complexity index is 2090. The molecule has 8 rings (SSSR count). The van der Waals surface area contributed by atoms with Gasteiger partial charge in [0.15, 0.2) is 0 Å². The highest BCUT2D eigenvalue weighted by Gasteiger charge is 2.17. The third kappa shape index (κ3) is 3.40. The maximum absolute atomic E-state index is 13.8. The molecule has 0 saturated carbocycles. The minimum Gasteiger partial charge on any atom is -0.309 e. The van der Waals surface area contributed by atoms with Crippen molar-refractivity contribution in [2.45, 2.75) is 0 Å². The molecule has 0 atom stereocenters. The van der Waals surface area contributed by atoms with E-state index in [1.54, 1.807) is 12.1 Å². The van der Waals surface area contributed by atoms with E-state index in [9.17, 15) is 4.39 Å². The summed E-state index contributed by atoms with van der Waals surface area (Å²) in [5.41, 5.74) is 8.08. The van der Waals surface area contributed by atoms with Gasteiger partial charge in [0.2, 0.25) is 0 Å². The Morgan fingerprint density at radius 3 is 1.12 bits per heavy atom. The highest BCUT2D eigenvalue weighted by molar-refractivity contribution is 6.21. The second-order valence-corrected chi connectivity index (χ2v) is 10.3. The molecule has 40 heavy (non-hydrogen) atoms. The third-order valence-corrected chi connectivity index (χ3v) is 8.06. The van der Waals surface area contributed by atoms with Gasteiger partial charge in [0.25, 0.3) is 0 Å². The van der Waals surface area contributed by atoms with Crippen LogP contribution in [0.3, 0.4) is 0 Å². The van der Waals surface area contributed by atoms with Crippen molar-refractivity contribution in [2.24, 2.45) is 0 Å². The smallest absolute Gasteiger partial charge is 0.123 e. The largest absolute Gasteiger partial charge is 0.309 e. The number of benzene rings is 7. The summed E-state index contributed by atoms with van der Waals surface area (Å²) in [5.74, 6) is -0.225. The molecule has 0 fully saturated rings. The number of fused-ring (bicyclic) bond motifs is 5. The lowest BCUT2D eigenvalue weighted by atomic mass is 9.86. The molecule has 0 spiro atoms. The average molecular weight is 514 g/mol. The molecule has 0 aliphatic heterocycles. The number of para-hydroxylation sites is 2. The lowest BCUT2D eigenvalue weighted by molar-refractivity contribution is 0.628. The summed E-state index contributed by atoms with van der Waals surface area (Å²) in [4.78, 5) is 0. The fraction of sp³-hybridized carbons (Fsp3) is 0. The number of hydrogen-bond acceptors (Lipinski definition) is 0. The fourth-order valence-corrected chi connectivity index (χ4v) is 6.34. The van der Waals surface area contributed by atoms with Crippen molar-refractivity contribution in [1.82, 2.24) is 4.57 Å². The van der Waals surface area contributed by atoms with E-state index in [1.165, 1.54) is 43.7 Å². The summed E-state index contributed by atoms with van der Waals surface area (Å²) in [6.07, 6.45) is 0. The first-order valence-corrected chi connectivity index (χ1v) is 13.6. The van der Waals surface area contributed by atoms with E-state index >= 15 is 0 Å². The summed E-state index contributed by atoms with van der Waals surface area (Å²) in [6, 6.07) is 50.1. The molecule has 1 heterocycles. The number of aromatic nitrogens is 1. The Morgan fingerprint density at radius 2 is 0.700 bits per heavy atom. The molecule has 0 amide bonds. The maximum atomic E-state index is 13.8. The van der Waals surface area contributed by atoms with Gasteiger partial charge >= 0.3 is 0 Å². The Labute approximate surface area is 231 Å². The predicted octanol–water partition coefficient (Wildman–Crippen LogP) is 10.6. The van der Waals surface area contributed by atoms with Gasteiger partial charge in [0, 0.05) is 16.5 Å². The van der Waals surface area contributed by atoms with Crippen LogP contribution in [0.5, 0.6) is 0 Å². The van der Waals surface area contributed by atoms with Gasteiger partial charge in [0.05, 0.1) is 11.0 Å². The first-order valence-electron chi connectivity index (χ1n) is 13.6. The van der Waals surface area contributed by atoms with Crippen molar-refractivity contribution in [2.75, 3.05) is 0 Å². The highest BCUT2D eigenvalue weighted by Crippen LogP contribution is 2.44. The zero-order valence-electron chi connectivity index (χ0n) is 21.7. The lowest BCUT2D eigenvalue weighted by Gasteiger charge is -2.18. The monoisotopic (exact) mass is 513 g/mol. The fourth-order valence-electron chi connectivity index (χ4n) is 6.34. The maximum Gasteiger partial charge on any atom is 0.123 e. The van der Waals surface area contributed by atoms with Gasteiger partial charge in [-0.05, 0) is 80.2 Å². The zero-order valence-corrected chi connectivity index (χ0v) is 21.7. The molecular formula is C38H24FN. The van der Waals surface area contributed by atoms with Crippen LogP contribution < -0.4 is 0 Å². The molecule has 8 aromatic rings. The second kappa shape index (κ2) is 8.93. The molecule has 0 aliphatic rings.